The van der Waals surface area contributed by atoms with Gasteiger partial charge in [0.1, 0.15) is 0 Å². The van der Waals surface area contributed by atoms with E-state index >= 15 is 0 Å². The molecule has 7 heteroatoms. The lowest BCUT2D eigenvalue weighted by molar-refractivity contribution is -0.137. The SMILES string of the molecule is N#Cc1ccc(N2CCN(C(=O)CC3CCCC3)CC2)cc1C(F)(F)F. The van der Waals surface area contributed by atoms with E-state index in [9.17, 15) is 18.0 Å². The molecule has 1 saturated heterocycles. The van der Waals surface area contributed by atoms with Gasteiger partial charge in [-0.2, -0.15) is 18.4 Å². The first kappa shape index (κ1) is 18.6. The summed E-state index contributed by atoms with van der Waals surface area (Å²) >= 11 is 0. The van der Waals surface area contributed by atoms with Crippen molar-refractivity contribution in [3.8, 4) is 6.07 Å². The highest BCUT2D eigenvalue weighted by molar-refractivity contribution is 5.76. The normalized spacial score (nSPS) is 18.8. The van der Waals surface area contributed by atoms with Gasteiger partial charge in [0.15, 0.2) is 0 Å². The van der Waals surface area contributed by atoms with Crippen molar-refractivity contribution >= 4 is 11.6 Å². The number of halogens is 3. The summed E-state index contributed by atoms with van der Waals surface area (Å²) in [4.78, 5) is 16.1. The monoisotopic (exact) mass is 365 g/mol. The lowest BCUT2D eigenvalue weighted by Gasteiger charge is -2.36. The fraction of sp³-hybridized carbons (Fsp3) is 0.579. The van der Waals surface area contributed by atoms with Gasteiger partial charge in [-0.05, 0) is 37.0 Å². The second-order valence-corrected chi connectivity index (χ2v) is 7.06. The molecule has 2 fully saturated rings. The van der Waals surface area contributed by atoms with Crippen molar-refractivity contribution in [1.82, 2.24) is 4.90 Å². The van der Waals surface area contributed by atoms with E-state index in [0.29, 0.717) is 44.2 Å². The molecular formula is C19H22F3N3O. The molecule has 0 radical (unpaired) electrons. The summed E-state index contributed by atoms with van der Waals surface area (Å²) in [7, 11) is 0. The van der Waals surface area contributed by atoms with E-state index in [1.165, 1.54) is 18.9 Å². The van der Waals surface area contributed by atoms with Gasteiger partial charge in [0.05, 0.1) is 17.2 Å². The number of hydrogen-bond acceptors (Lipinski definition) is 3. The van der Waals surface area contributed by atoms with Crippen molar-refractivity contribution in [3.63, 3.8) is 0 Å². The van der Waals surface area contributed by atoms with Crippen LogP contribution < -0.4 is 4.90 Å². The van der Waals surface area contributed by atoms with Gasteiger partial charge in [0.2, 0.25) is 5.91 Å². The Morgan fingerprint density at radius 1 is 1.15 bits per heavy atom. The smallest absolute Gasteiger partial charge is 0.368 e. The maximum Gasteiger partial charge on any atom is 0.417 e. The van der Waals surface area contributed by atoms with Crippen LogP contribution in [0.15, 0.2) is 18.2 Å². The van der Waals surface area contributed by atoms with E-state index in [1.54, 1.807) is 12.1 Å². The van der Waals surface area contributed by atoms with Crippen LogP contribution in [0.1, 0.15) is 43.2 Å². The molecular weight excluding hydrogens is 343 g/mol. The van der Waals surface area contributed by atoms with Crippen LogP contribution >= 0.6 is 0 Å². The van der Waals surface area contributed by atoms with Gasteiger partial charge in [0.25, 0.3) is 0 Å². The summed E-state index contributed by atoms with van der Waals surface area (Å²) in [6.45, 7) is 2.04. The molecule has 26 heavy (non-hydrogen) atoms. The first-order chi connectivity index (χ1) is 12.4. The van der Waals surface area contributed by atoms with Gasteiger partial charge in [0, 0.05) is 38.3 Å². The molecule has 1 amide bonds. The Kier molecular flexibility index (Phi) is 5.40. The summed E-state index contributed by atoms with van der Waals surface area (Å²) in [5, 5.41) is 8.89. The molecule has 0 unspecified atom stereocenters. The maximum atomic E-state index is 13.1. The minimum atomic E-state index is -4.56. The first-order valence-electron chi connectivity index (χ1n) is 9.02. The van der Waals surface area contributed by atoms with Crippen LogP contribution in [0.25, 0.3) is 0 Å². The molecule has 140 valence electrons. The number of nitriles is 1. The molecule has 1 heterocycles. The lowest BCUT2D eigenvalue weighted by Crippen LogP contribution is -2.49. The molecule has 4 nitrogen and oxygen atoms in total. The Bertz CT molecular complexity index is 697. The molecule has 2 aliphatic rings. The van der Waals surface area contributed by atoms with Gasteiger partial charge < -0.3 is 9.80 Å². The van der Waals surface area contributed by atoms with E-state index in [0.717, 1.165) is 18.9 Å². The van der Waals surface area contributed by atoms with Crippen LogP contribution in [-0.4, -0.2) is 37.0 Å². The first-order valence-corrected chi connectivity index (χ1v) is 9.02. The molecule has 3 rings (SSSR count). The van der Waals surface area contributed by atoms with Crippen molar-refractivity contribution in [1.29, 1.82) is 5.26 Å². The van der Waals surface area contributed by atoms with Crippen molar-refractivity contribution in [2.45, 2.75) is 38.3 Å². The van der Waals surface area contributed by atoms with Gasteiger partial charge in [-0.1, -0.05) is 12.8 Å². The topological polar surface area (TPSA) is 47.3 Å². The average Bonchev–Trinajstić information content (AvgIpc) is 3.13. The summed E-state index contributed by atoms with van der Waals surface area (Å²) in [5.74, 6) is 0.653. The quantitative estimate of drug-likeness (QED) is 0.818. The van der Waals surface area contributed by atoms with Crippen LogP contribution in [0.2, 0.25) is 0 Å². The second kappa shape index (κ2) is 7.56. The number of hydrogen-bond donors (Lipinski definition) is 0. The Labute approximate surface area is 151 Å². The minimum absolute atomic E-state index is 0.160. The number of nitrogens with zero attached hydrogens (tertiary/aromatic N) is 3. The number of anilines is 1. The standard InChI is InChI=1S/C19H22F3N3O/c20-19(21,22)17-12-16(6-5-15(17)13-23)24-7-9-25(10-8-24)18(26)11-14-3-1-2-4-14/h5-6,12,14H,1-4,7-11H2. The molecule has 1 aromatic rings. The Morgan fingerprint density at radius 2 is 1.81 bits per heavy atom. The highest BCUT2D eigenvalue weighted by Crippen LogP contribution is 2.34. The van der Waals surface area contributed by atoms with Crippen LogP contribution in [-0.2, 0) is 11.0 Å². The summed E-state index contributed by atoms with van der Waals surface area (Å²) in [6.07, 6.45) is 0.682. The number of amides is 1. The van der Waals surface area contributed by atoms with Crippen molar-refractivity contribution in [2.75, 3.05) is 31.1 Å². The van der Waals surface area contributed by atoms with Gasteiger partial charge in [-0.3, -0.25) is 4.79 Å². The summed E-state index contributed by atoms with van der Waals surface area (Å²) in [6, 6.07) is 5.40. The van der Waals surface area contributed by atoms with Crippen LogP contribution in [0, 0.1) is 17.2 Å². The van der Waals surface area contributed by atoms with Crippen molar-refractivity contribution in [2.24, 2.45) is 5.92 Å². The number of carbonyl (C=O) groups is 1. The van der Waals surface area contributed by atoms with Gasteiger partial charge >= 0.3 is 6.18 Å². The average molecular weight is 365 g/mol. The zero-order valence-electron chi connectivity index (χ0n) is 14.6. The zero-order valence-corrected chi connectivity index (χ0v) is 14.6. The molecule has 0 N–H and O–H groups in total. The molecule has 0 bridgehead atoms. The second-order valence-electron chi connectivity index (χ2n) is 7.06. The van der Waals surface area contributed by atoms with Crippen molar-refractivity contribution in [3.05, 3.63) is 29.3 Å². The Hall–Kier alpha value is -2.23. The number of rotatable bonds is 3. The van der Waals surface area contributed by atoms with E-state index in [4.69, 9.17) is 5.26 Å². The predicted octanol–water partition coefficient (Wildman–Crippen LogP) is 3.81. The molecule has 1 saturated carbocycles. The molecule has 1 aliphatic heterocycles. The minimum Gasteiger partial charge on any atom is -0.368 e. The van der Waals surface area contributed by atoms with E-state index in [1.807, 2.05) is 9.80 Å². The highest BCUT2D eigenvalue weighted by Gasteiger charge is 2.34. The largest absolute Gasteiger partial charge is 0.417 e. The van der Waals surface area contributed by atoms with Gasteiger partial charge in [-0.25, -0.2) is 0 Å². The molecule has 0 spiro atoms. The number of carbonyl (C=O) groups excluding carboxylic acids is 1. The Balaban J connectivity index is 1.63. The maximum absolute atomic E-state index is 13.1. The zero-order chi connectivity index (χ0) is 18.7. The third-order valence-corrected chi connectivity index (χ3v) is 5.36. The van der Waals surface area contributed by atoms with E-state index < -0.39 is 11.7 Å². The number of benzene rings is 1. The van der Waals surface area contributed by atoms with Gasteiger partial charge in [-0.15, -0.1) is 0 Å². The fourth-order valence-corrected chi connectivity index (χ4v) is 3.87. The van der Waals surface area contributed by atoms with E-state index in [-0.39, 0.29) is 11.5 Å². The third kappa shape index (κ3) is 4.12. The molecule has 0 aromatic heterocycles. The van der Waals surface area contributed by atoms with Crippen molar-refractivity contribution < 1.29 is 18.0 Å². The number of piperazine rings is 1. The lowest BCUT2D eigenvalue weighted by atomic mass is 10.0. The van der Waals surface area contributed by atoms with E-state index in [2.05, 4.69) is 0 Å². The predicted molar refractivity (Wildman–Crippen MR) is 91.5 cm³/mol. The van der Waals surface area contributed by atoms with Crippen LogP contribution in [0.3, 0.4) is 0 Å². The summed E-state index contributed by atoms with van der Waals surface area (Å²) < 4.78 is 39.4. The third-order valence-electron chi connectivity index (χ3n) is 5.36. The highest BCUT2D eigenvalue weighted by atomic mass is 19.4. The number of alkyl halides is 3. The van der Waals surface area contributed by atoms with Crippen LogP contribution in [0.5, 0.6) is 0 Å². The molecule has 1 aliphatic carbocycles. The van der Waals surface area contributed by atoms with Crippen LogP contribution in [0.4, 0.5) is 18.9 Å². The fourth-order valence-electron chi connectivity index (χ4n) is 3.87. The Morgan fingerprint density at radius 3 is 2.38 bits per heavy atom. The molecule has 0 atom stereocenters. The molecule has 1 aromatic carbocycles. The summed E-state index contributed by atoms with van der Waals surface area (Å²) in [5.41, 5.74) is -0.830.